The van der Waals surface area contributed by atoms with Gasteiger partial charge in [-0.1, -0.05) is 30.3 Å². The number of benzene rings is 2. The second-order valence-corrected chi connectivity index (χ2v) is 5.71. The number of para-hydroxylation sites is 1. The third-order valence-corrected chi connectivity index (χ3v) is 4.08. The lowest BCUT2D eigenvalue weighted by atomic mass is 10.1. The first-order chi connectivity index (χ1) is 11.1. The Hall–Kier alpha value is -2.78. The van der Waals surface area contributed by atoms with Crippen LogP contribution in [0.1, 0.15) is 21.5 Å². The average molecular weight is 325 g/mol. The number of rotatable bonds is 6. The first-order valence-electron chi connectivity index (χ1n) is 6.86. The van der Waals surface area contributed by atoms with E-state index in [0.29, 0.717) is 17.0 Å². The lowest BCUT2D eigenvalue weighted by molar-refractivity contribution is -0.113. The fourth-order valence-electron chi connectivity index (χ4n) is 2.00. The summed E-state index contributed by atoms with van der Waals surface area (Å²) in [4.78, 5) is 23.3. The van der Waals surface area contributed by atoms with Gasteiger partial charge in [0.2, 0.25) is 5.91 Å². The van der Waals surface area contributed by atoms with Gasteiger partial charge >= 0.3 is 0 Å². The summed E-state index contributed by atoms with van der Waals surface area (Å²) in [6, 6.07) is 16.0. The van der Waals surface area contributed by atoms with E-state index >= 15 is 0 Å². The first kappa shape index (κ1) is 16.6. The van der Waals surface area contributed by atoms with Crippen molar-refractivity contribution in [2.24, 2.45) is 5.73 Å². The Morgan fingerprint density at radius 3 is 2.57 bits per heavy atom. The Morgan fingerprint density at radius 2 is 1.83 bits per heavy atom. The molecule has 0 saturated carbocycles. The van der Waals surface area contributed by atoms with Crippen LogP contribution in [0.3, 0.4) is 0 Å². The number of hydrogen-bond donors (Lipinski definition) is 2. The number of thioether (sulfide) groups is 1. The van der Waals surface area contributed by atoms with Crippen LogP contribution in [0.2, 0.25) is 0 Å². The van der Waals surface area contributed by atoms with Crippen molar-refractivity contribution in [2.75, 3.05) is 11.1 Å². The zero-order valence-corrected chi connectivity index (χ0v) is 13.1. The smallest absolute Gasteiger partial charge is 0.250 e. The van der Waals surface area contributed by atoms with Gasteiger partial charge in [-0.25, -0.2) is 0 Å². The minimum Gasteiger partial charge on any atom is -0.366 e. The molecule has 2 amide bonds. The second-order valence-electron chi connectivity index (χ2n) is 4.72. The number of amides is 2. The van der Waals surface area contributed by atoms with E-state index in [1.54, 1.807) is 36.4 Å². The van der Waals surface area contributed by atoms with E-state index in [4.69, 9.17) is 11.0 Å². The number of nitriles is 1. The van der Waals surface area contributed by atoms with Crippen molar-refractivity contribution < 1.29 is 9.59 Å². The van der Waals surface area contributed by atoms with Crippen LogP contribution in [0.5, 0.6) is 0 Å². The summed E-state index contributed by atoms with van der Waals surface area (Å²) in [5, 5.41) is 11.7. The van der Waals surface area contributed by atoms with Gasteiger partial charge in [0.05, 0.1) is 28.6 Å². The molecule has 0 radical (unpaired) electrons. The summed E-state index contributed by atoms with van der Waals surface area (Å²) in [5.41, 5.74) is 7.46. The van der Waals surface area contributed by atoms with Crippen LogP contribution in [0.15, 0.2) is 48.5 Å². The highest BCUT2D eigenvalue weighted by molar-refractivity contribution is 7.99. The number of carbonyl (C=O) groups is 2. The SMILES string of the molecule is N#Cc1ccccc1CSCC(=O)Nc1ccccc1C(N)=O. The fraction of sp³-hybridized carbons (Fsp3) is 0.118. The van der Waals surface area contributed by atoms with Gasteiger partial charge in [-0.15, -0.1) is 11.8 Å². The topological polar surface area (TPSA) is 96.0 Å². The molecule has 0 aromatic heterocycles. The lowest BCUT2D eigenvalue weighted by Gasteiger charge is -2.09. The minimum absolute atomic E-state index is 0.215. The van der Waals surface area contributed by atoms with Crippen LogP contribution in [-0.2, 0) is 10.5 Å². The van der Waals surface area contributed by atoms with Crippen LogP contribution in [0.25, 0.3) is 0 Å². The van der Waals surface area contributed by atoms with Crippen LogP contribution in [-0.4, -0.2) is 17.6 Å². The van der Waals surface area contributed by atoms with Gasteiger partial charge in [-0.3, -0.25) is 9.59 Å². The molecule has 116 valence electrons. The highest BCUT2D eigenvalue weighted by atomic mass is 32.2. The van der Waals surface area contributed by atoms with Gasteiger partial charge < -0.3 is 11.1 Å². The van der Waals surface area contributed by atoms with Crippen molar-refractivity contribution in [3.05, 3.63) is 65.2 Å². The van der Waals surface area contributed by atoms with Gasteiger partial charge in [0.15, 0.2) is 0 Å². The minimum atomic E-state index is -0.587. The van der Waals surface area contributed by atoms with Crippen molar-refractivity contribution in [3.8, 4) is 6.07 Å². The molecule has 0 saturated heterocycles. The Kier molecular flexibility index (Phi) is 5.78. The quantitative estimate of drug-likeness (QED) is 0.853. The second kappa shape index (κ2) is 8.01. The molecule has 2 aromatic rings. The predicted octanol–water partition coefficient (Wildman–Crippen LogP) is 2.53. The molecule has 0 aliphatic rings. The Morgan fingerprint density at radius 1 is 1.13 bits per heavy atom. The molecule has 0 fully saturated rings. The summed E-state index contributed by atoms with van der Waals surface area (Å²) in [7, 11) is 0. The van der Waals surface area contributed by atoms with E-state index in [2.05, 4.69) is 11.4 Å². The number of primary amides is 1. The molecule has 6 heteroatoms. The number of hydrogen-bond acceptors (Lipinski definition) is 4. The van der Waals surface area contributed by atoms with Crippen LogP contribution in [0.4, 0.5) is 5.69 Å². The molecule has 5 nitrogen and oxygen atoms in total. The summed E-state index contributed by atoms with van der Waals surface area (Å²) in [6.45, 7) is 0. The molecular weight excluding hydrogens is 310 g/mol. The van der Waals surface area contributed by atoms with E-state index in [9.17, 15) is 9.59 Å². The van der Waals surface area contributed by atoms with E-state index in [0.717, 1.165) is 5.56 Å². The van der Waals surface area contributed by atoms with Crippen molar-refractivity contribution in [3.63, 3.8) is 0 Å². The largest absolute Gasteiger partial charge is 0.366 e. The molecule has 3 N–H and O–H groups in total. The third kappa shape index (κ3) is 4.59. The molecule has 0 aliphatic carbocycles. The molecule has 0 unspecified atom stereocenters. The average Bonchev–Trinajstić information content (AvgIpc) is 2.55. The molecular formula is C17H15N3O2S. The van der Waals surface area contributed by atoms with Crippen molar-refractivity contribution >= 4 is 29.3 Å². The van der Waals surface area contributed by atoms with Gasteiger partial charge in [0, 0.05) is 5.75 Å². The van der Waals surface area contributed by atoms with Gasteiger partial charge in [-0.05, 0) is 23.8 Å². The highest BCUT2D eigenvalue weighted by Crippen LogP contribution is 2.18. The summed E-state index contributed by atoms with van der Waals surface area (Å²) in [6.07, 6.45) is 0. The highest BCUT2D eigenvalue weighted by Gasteiger charge is 2.10. The summed E-state index contributed by atoms with van der Waals surface area (Å²) in [5.74, 6) is -0.0313. The third-order valence-electron chi connectivity index (χ3n) is 3.10. The standard InChI is InChI=1S/C17H15N3O2S/c18-9-12-5-1-2-6-13(12)10-23-11-16(21)20-15-8-4-3-7-14(15)17(19)22/h1-8H,10-11H2,(H2,19,22)(H,20,21). The Labute approximate surface area is 138 Å². The van der Waals surface area contributed by atoms with E-state index in [1.165, 1.54) is 11.8 Å². The predicted molar refractivity (Wildman–Crippen MR) is 90.9 cm³/mol. The normalized spacial score (nSPS) is 9.87. The summed E-state index contributed by atoms with van der Waals surface area (Å²) < 4.78 is 0. The molecule has 0 aliphatic heterocycles. The molecule has 0 bridgehead atoms. The van der Waals surface area contributed by atoms with Crippen molar-refractivity contribution in [1.82, 2.24) is 0 Å². The zero-order chi connectivity index (χ0) is 16.7. The monoisotopic (exact) mass is 325 g/mol. The first-order valence-corrected chi connectivity index (χ1v) is 8.01. The fourth-order valence-corrected chi connectivity index (χ4v) is 2.83. The van der Waals surface area contributed by atoms with E-state index in [-0.39, 0.29) is 17.2 Å². The maximum Gasteiger partial charge on any atom is 0.250 e. The maximum atomic E-state index is 12.0. The number of carbonyl (C=O) groups excluding carboxylic acids is 2. The van der Waals surface area contributed by atoms with E-state index in [1.807, 2.05) is 12.1 Å². The number of anilines is 1. The van der Waals surface area contributed by atoms with Gasteiger partial charge in [0.1, 0.15) is 0 Å². The lowest BCUT2D eigenvalue weighted by Crippen LogP contribution is -2.19. The van der Waals surface area contributed by atoms with E-state index < -0.39 is 5.91 Å². The van der Waals surface area contributed by atoms with Crippen LogP contribution in [0, 0.1) is 11.3 Å². The van der Waals surface area contributed by atoms with Crippen molar-refractivity contribution in [2.45, 2.75) is 5.75 Å². The van der Waals surface area contributed by atoms with Gasteiger partial charge in [0.25, 0.3) is 5.91 Å². The maximum absolute atomic E-state index is 12.0. The van der Waals surface area contributed by atoms with Crippen LogP contribution >= 0.6 is 11.8 Å². The molecule has 0 spiro atoms. The summed E-state index contributed by atoms with van der Waals surface area (Å²) >= 11 is 1.40. The number of nitrogens with zero attached hydrogens (tertiary/aromatic N) is 1. The Bertz CT molecular complexity index is 768. The Balaban J connectivity index is 1.91. The molecule has 0 heterocycles. The molecule has 0 atom stereocenters. The molecule has 2 aromatic carbocycles. The van der Waals surface area contributed by atoms with Crippen LogP contribution < -0.4 is 11.1 Å². The zero-order valence-electron chi connectivity index (χ0n) is 12.3. The number of nitrogens with one attached hydrogen (secondary N) is 1. The number of nitrogens with two attached hydrogens (primary N) is 1. The van der Waals surface area contributed by atoms with Gasteiger partial charge in [-0.2, -0.15) is 5.26 Å². The molecule has 2 rings (SSSR count). The molecule has 23 heavy (non-hydrogen) atoms. The van der Waals surface area contributed by atoms with Crippen molar-refractivity contribution in [1.29, 1.82) is 5.26 Å².